The number of nitrogens with zero attached hydrogens (tertiary/aromatic N) is 3. The molecule has 0 radical (unpaired) electrons. The zero-order chi connectivity index (χ0) is 29.2. The maximum Gasteiger partial charge on any atom is 0.188 e. The zero-order valence-electron chi connectivity index (χ0n) is 23.8. The molecule has 0 spiro atoms. The predicted molar refractivity (Wildman–Crippen MR) is 184 cm³/mol. The fourth-order valence-electron chi connectivity index (χ4n) is 6.93. The van der Waals surface area contributed by atoms with E-state index in [1.165, 1.54) is 32.6 Å². The van der Waals surface area contributed by atoms with Gasteiger partial charge >= 0.3 is 0 Å². The lowest BCUT2D eigenvalue weighted by atomic mass is 10.0. The van der Waals surface area contributed by atoms with Gasteiger partial charge in [-0.15, -0.1) is 0 Å². The van der Waals surface area contributed by atoms with Crippen molar-refractivity contribution in [3.8, 4) is 22.5 Å². The Balaban J connectivity index is 1.22. The molecule has 2 aromatic heterocycles. The van der Waals surface area contributed by atoms with E-state index >= 15 is 0 Å². The second-order valence-corrected chi connectivity index (χ2v) is 11.3. The minimum Gasteiger partial charge on any atom is -0.309 e. The number of rotatable bonds is 3. The lowest BCUT2D eigenvalue weighted by molar-refractivity contribution is 1.18. The summed E-state index contributed by atoms with van der Waals surface area (Å²) in [4.78, 5) is 3.76. The Hall–Kier alpha value is -6.11. The summed E-state index contributed by atoms with van der Waals surface area (Å²) in [6.45, 7) is 7.68. The van der Waals surface area contributed by atoms with Crippen LogP contribution in [0.25, 0.3) is 81.7 Å². The molecule has 0 N–H and O–H groups in total. The van der Waals surface area contributed by atoms with Gasteiger partial charge < -0.3 is 9.13 Å². The molecule has 0 amide bonds. The van der Waals surface area contributed by atoms with Crippen molar-refractivity contribution in [1.82, 2.24) is 9.13 Å². The Morgan fingerprint density at radius 2 is 0.977 bits per heavy atom. The topological polar surface area (TPSA) is 14.2 Å². The summed E-state index contributed by atoms with van der Waals surface area (Å²) >= 11 is 0. The van der Waals surface area contributed by atoms with Crippen molar-refractivity contribution in [2.24, 2.45) is 0 Å². The minimum atomic E-state index is 0.649. The molecule has 3 nitrogen and oxygen atoms in total. The molecule has 0 unspecified atom stereocenters. The molecule has 0 aliphatic carbocycles. The van der Waals surface area contributed by atoms with Gasteiger partial charge in [-0.3, -0.25) is 0 Å². The fraction of sp³-hybridized carbons (Fsp3) is 0. The smallest absolute Gasteiger partial charge is 0.188 e. The first-order valence-corrected chi connectivity index (χ1v) is 14.8. The molecule has 0 fully saturated rings. The molecule has 0 atom stereocenters. The molecule has 2 heterocycles. The van der Waals surface area contributed by atoms with Gasteiger partial charge in [0.2, 0.25) is 0 Å². The first-order chi connectivity index (χ1) is 21.8. The highest BCUT2D eigenvalue weighted by molar-refractivity contribution is 6.13. The Bertz CT molecular complexity index is 2550. The van der Waals surface area contributed by atoms with Gasteiger partial charge in [0.05, 0.1) is 34.3 Å². The van der Waals surface area contributed by atoms with E-state index in [4.69, 9.17) is 6.57 Å². The van der Waals surface area contributed by atoms with Crippen LogP contribution in [0.5, 0.6) is 0 Å². The van der Waals surface area contributed by atoms with E-state index in [1.807, 2.05) is 12.1 Å². The monoisotopic (exact) mass is 559 g/mol. The number of fused-ring (bicyclic) bond motifs is 7. The van der Waals surface area contributed by atoms with Crippen molar-refractivity contribution < 1.29 is 0 Å². The van der Waals surface area contributed by atoms with Gasteiger partial charge in [0.15, 0.2) is 5.69 Å². The van der Waals surface area contributed by atoms with Crippen LogP contribution in [0.15, 0.2) is 152 Å². The quantitative estimate of drug-likeness (QED) is 0.191. The summed E-state index contributed by atoms with van der Waals surface area (Å²) in [5.41, 5.74) is 9.88. The van der Waals surface area contributed by atoms with Crippen molar-refractivity contribution in [2.45, 2.75) is 0 Å². The summed E-state index contributed by atoms with van der Waals surface area (Å²) in [5, 5.41) is 7.16. The Labute approximate surface area is 254 Å². The van der Waals surface area contributed by atoms with Gasteiger partial charge in [0.25, 0.3) is 0 Å². The van der Waals surface area contributed by atoms with Crippen molar-refractivity contribution in [3.05, 3.63) is 163 Å². The van der Waals surface area contributed by atoms with Gasteiger partial charge in [-0.05, 0) is 76.5 Å². The molecule has 9 rings (SSSR count). The average Bonchev–Trinajstić information content (AvgIpc) is 3.60. The third kappa shape index (κ3) is 3.55. The molecule has 0 bridgehead atoms. The molecule has 3 heteroatoms. The normalized spacial score (nSPS) is 11.6. The van der Waals surface area contributed by atoms with Gasteiger partial charge in [0, 0.05) is 27.2 Å². The average molecular weight is 560 g/mol. The molecule has 0 aliphatic rings. The second-order valence-electron chi connectivity index (χ2n) is 11.3. The number of para-hydroxylation sites is 2. The highest BCUT2D eigenvalue weighted by Gasteiger charge is 2.16. The van der Waals surface area contributed by atoms with E-state index in [2.05, 4.69) is 154 Å². The largest absolute Gasteiger partial charge is 0.309 e. The van der Waals surface area contributed by atoms with Crippen LogP contribution in [0.1, 0.15) is 0 Å². The lowest BCUT2D eigenvalue weighted by Crippen LogP contribution is -1.95. The summed E-state index contributed by atoms with van der Waals surface area (Å²) < 4.78 is 4.69. The number of benzene rings is 7. The maximum atomic E-state index is 7.68. The molecule has 44 heavy (non-hydrogen) atoms. The molecular formula is C41H25N3. The first kappa shape index (κ1) is 24.5. The van der Waals surface area contributed by atoms with E-state index in [0.29, 0.717) is 5.69 Å². The van der Waals surface area contributed by atoms with E-state index in [-0.39, 0.29) is 0 Å². The van der Waals surface area contributed by atoms with E-state index in [1.54, 1.807) is 0 Å². The molecule has 9 aromatic rings. The third-order valence-electron chi connectivity index (χ3n) is 8.92. The van der Waals surface area contributed by atoms with E-state index < -0.39 is 0 Å². The first-order valence-electron chi connectivity index (χ1n) is 14.8. The number of hydrogen-bond acceptors (Lipinski definition) is 0. The zero-order valence-corrected chi connectivity index (χ0v) is 23.8. The number of aromatic nitrogens is 2. The SMILES string of the molecule is [C-]#[N+]c1ccc2c(c1)c1cc(-c3ccc(-n4c5ccccc5c5ccccc54)cc3)ccc1n2-c1cccc2ccccc12. The van der Waals surface area contributed by atoms with Gasteiger partial charge in [0.1, 0.15) is 0 Å². The van der Waals surface area contributed by atoms with Crippen LogP contribution in [0.3, 0.4) is 0 Å². The highest BCUT2D eigenvalue weighted by atomic mass is 15.0. The second kappa shape index (κ2) is 9.46. The van der Waals surface area contributed by atoms with Crippen molar-refractivity contribution in [3.63, 3.8) is 0 Å². The van der Waals surface area contributed by atoms with Crippen LogP contribution in [-0.4, -0.2) is 9.13 Å². The predicted octanol–water partition coefficient (Wildman–Crippen LogP) is 11.3. The summed E-state index contributed by atoms with van der Waals surface area (Å²) in [6, 6.07) is 53.8. The standard InChI is InChI=1S/C41H25N3/c1-42-30-20-24-41-36(26-30)35-25-29(19-23-40(35)44(41)37-16-8-10-28-9-2-3-11-32(28)37)27-17-21-31(22-18-27)43-38-14-6-4-12-33(38)34-13-5-7-15-39(34)43/h2-26H. The van der Waals surface area contributed by atoms with Crippen LogP contribution >= 0.6 is 0 Å². The van der Waals surface area contributed by atoms with Crippen LogP contribution in [-0.2, 0) is 0 Å². The Morgan fingerprint density at radius 1 is 0.409 bits per heavy atom. The maximum absolute atomic E-state index is 7.68. The Morgan fingerprint density at radius 3 is 1.70 bits per heavy atom. The van der Waals surface area contributed by atoms with E-state index in [9.17, 15) is 0 Å². The highest BCUT2D eigenvalue weighted by Crippen LogP contribution is 2.39. The van der Waals surface area contributed by atoms with Crippen LogP contribution in [0.2, 0.25) is 0 Å². The number of hydrogen-bond donors (Lipinski definition) is 0. The Kier molecular flexibility index (Phi) is 5.26. The molecular weight excluding hydrogens is 534 g/mol. The summed E-state index contributed by atoms with van der Waals surface area (Å²) in [7, 11) is 0. The minimum absolute atomic E-state index is 0.649. The molecule has 0 saturated heterocycles. The molecule has 0 saturated carbocycles. The van der Waals surface area contributed by atoms with Crippen molar-refractivity contribution in [1.29, 1.82) is 0 Å². The van der Waals surface area contributed by atoms with Crippen molar-refractivity contribution >= 4 is 60.1 Å². The fourth-order valence-corrected chi connectivity index (χ4v) is 6.93. The van der Waals surface area contributed by atoms with Crippen LogP contribution in [0.4, 0.5) is 5.69 Å². The molecule has 204 valence electrons. The van der Waals surface area contributed by atoms with Gasteiger partial charge in [-0.2, -0.15) is 0 Å². The molecule has 0 aliphatic heterocycles. The molecule has 7 aromatic carbocycles. The third-order valence-corrected chi connectivity index (χ3v) is 8.92. The summed E-state index contributed by atoms with van der Waals surface area (Å²) in [6.07, 6.45) is 0. The van der Waals surface area contributed by atoms with Crippen molar-refractivity contribution in [2.75, 3.05) is 0 Å². The van der Waals surface area contributed by atoms with Crippen LogP contribution < -0.4 is 0 Å². The van der Waals surface area contributed by atoms with Gasteiger partial charge in [-0.25, -0.2) is 4.85 Å². The van der Waals surface area contributed by atoms with Gasteiger partial charge in [-0.1, -0.05) is 97.1 Å². The lowest BCUT2D eigenvalue weighted by Gasteiger charge is -2.12. The van der Waals surface area contributed by atoms with Crippen LogP contribution in [0, 0.1) is 6.57 Å². The summed E-state index contributed by atoms with van der Waals surface area (Å²) in [5.74, 6) is 0. The van der Waals surface area contributed by atoms with E-state index in [0.717, 1.165) is 44.3 Å².